The third-order valence-electron chi connectivity index (χ3n) is 10.7. The summed E-state index contributed by atoms with van der Waals surface area (Å²) < 4.78 is 63.8. The van der Waals surface area contributed by atoms with Gasteiger partial charge in [-0.25, -0.2) is 4.98 Å². The van der Waals surface area contributed by atoms with Gasteiger partial charge >= 0.3 is 6.18 Å². The molecule has 3 unspecified atom stereocenters. The minimum absolute atomic E-state index is 0.0163. The van der Waals surface area contributed by atoms with E-state index in [1.54, 1.807) is 84.5 Å². The normalized spacial score (nSPS) is 12.7. The van der Waals surface area contributed by atoms with Gasteiger partial charge in [-0.2, -0.15) is 23.4 Å². The molecule has 4 aromatic carbocycles. The number of carbonyl (C=O) groups is 3. The Kier molecular flexibility index (Phi) is 22.3. The molecule has 0 fully saturated rings. The average molecular weight is 1060 g/mol. The molecular weight excluding hydrogens is 996 g/mol. The summed E-state index contributed by atoms with van der Waals surface area (Å²) in [6.07, 6.45) is -4.47. The number of hydrogen-bond donors (Lipinski definition) is 8. The largest absolute Gasteiger partial charge is 0.494 e. The van der Waals surface area contributed by atoms with E-state index in [0.717, 1.165) is 6.07 Å². The maximum atomic E-state index is 13.3. The number of nitrogens with one attached hydrogen (secondary N) is 4. The molecule has 0 aliphatic rings. The first kappa shape index (κ1) is 57.6. The van der Waals surface area contributed by atoms with Crippen LogP contribution in [0.5, 0.6) is 17.4 Å². The molecule has 0 aliphatic heterocycles. The van der Waals surface area contributed by atoms with E-state index in [9.17, 15) is 42.9 Å². The predicted octanol–water partition coefficient (Wildman–Crippen LogP) is 5.11. The first-order valence-electron chi connectivity index (χ1n) is 24.2. The summed E-state index contributed by atoms with van der Waals surface area (Å²) in [6, 6.07) is 28.4. The van der Waals surface area contributed by atoms with E-state index < -0.39 is 36.1 Å². The van der Waals surface area contributed by atoms with Crippen molar-refractivity contribution in [1.82, 2.24) is 41.2 Å². The number of carbonyl (C=O) groups excluding carboxylic acids is 3. The van der Waals surface area contributed by atoms with Crippen LogP contribution in [0.2, 0.25) is 0 Å². The minimum atomic E-state index is -4.70. The summed E-state index contributed by atoms with van der Waals surface area (Å²) in [4.78, 5) is 41.9. The molecule has 404 valence electrons. The standard InChI is InChI=1S/C52H60F3N11O10/c1-34(67)28-57-29-42(68)32-73-21-22-74-33-43(69)30-60-51(72)38-6-2-5-37(25-38)46-31-66(65-64-46)19-4-20-75-44-15-13-41(14-16-44)63-62-40-11-9-36(10-12-40)49(70)58-17-18-59-50(71)39-7-3-8-45(26-39)76-48-24-35(27-56)23-47(61-48)52(53,54)55/h2-3,5-16,23-26,31,34,42-43,57,67-69H,4,17-22,27-30,32-33,56H2,1H3,(H,58,70)(H,59,71)(H,60,72). The van der Waals surface area contributed by atoms with Crippen molar-refractivity contribution in [3.05, 3.63) is 143 Å². The van der Waals surface area contributed by atoms with Crippen molar-refractivity contribution in [2.75, 3.05) is 65.8 Å². The fourth-order valence-corrected chi connectivity index (χ4v) is 6.88. The lowest BCUT2D eigenvalue weighted by Crippen LogP contribution is -2.35. The Morgan fingerprint density at radius 1 is 0.711 bits per heavy atom. The van der Waals surface area contributed by atoms with E-state index in [2.05, 4.69) is 46.8 Å². The first-order chi connectivity index (χ1) is 36.6. The van der Waals surface area contributed by atoms with Crippen LogP contribution >= 0.6 is 0 Å². The molecule has 3 atom stereocenters. The zero-order valence-corrected chi connectivity index (χ0v) is 41.5. The number of ether oxygens (including phenoxy) is 4. The third-order valence-corrected chi connectivity index (χ3v) is 10.7. The molecule has 0 saturated carbocycles. The van der Waals surface area contributed by atoms with Gasteiger partial charge in [0.2, 0.25) is 5.88 Å². The second kappa shape index (κ2) is 29.4. The van der Waals surface area contributed by atoms with Crippen LogP contribution in [-0.2, 0) is 28.7 Å². The van der Waals surface area contributed by atoms with Crippen LogP contribution in [0.3, 0.4) is 0 Å². The Balaban J connectivity index is 0.838. The number of benzene rings is 4. The smallest absolute Gasteiger partial charge is 0.433 e. The Morgan fingerprint density at radius 3 is 1.99 bits per heavy atom. The van der Waals surface area contributed by atoms with Gasteiger partial charge in [-0.3, -0.25) is 19.1 Å². The average Bonchev–Trinajstić information content (AvgIpc) is 3.90. The highest BCUT2D eigenvalue weighted by molar-refractivity contribution is 5.96. The highest BCUT2D eigenvalue weighted by Crippen LogP contribution is 2.32. The first-order valence-corrected chi connectivity index (χ1v) is 24.2. The number of halogens is 3. The van der Waals surface area contributed by atoms with E-state index in [1.807, 2.05) is 6.07 Å². The maximum Gasteiger partial charge on any atom is 0.433 e. The van der Waals surface area contributed by atoms with Gasteiger partial charge in [0.25, 0.3) is 17.7 Å². The van der Waals surface area contributed by atoms with Gasteiger partial charge in [-0.05, 0) is 97.4 Å². The summed E-state index contributed by atoms with van der Waals surface area (Å²) >= 11 is 0. The zero-order valence-electron chi connectivity index (χ0n) is 41.5. The Hall–Kier alpha value is -7.71. The summed E-state index contributed by atoms with van der Waals surface area (Å²) in [5.41, 5.74) is 7.86. The van der Waals surface area contributed by atoms with Gasteiger partial charge in [-0.15, -0.1) is 5.10 Å². The molecule has 6 rings (SSSR count). The van der Waals surface area contributed by atoms with Crippen LogP contribution < -0.4 is 36.5 Å². The van der Waals surface area contributed by atoms with Gasteiger partial charge in [0.1, 0.15) is 22.9 Å². The van der Waals surface area contributed by atoms with Crippen LogP contribution in [0, 0.1) is 0 Å². The highest BCUT2D eigenvalue weighted by atomic mass is 19.4. The van der Waals surface area contributed by atoms with Gasteiger partial charge in [0, 0.05) is 80.6 Å². The number of azo groups is 1. The number of rotatable bonds is 30. The van der Waals surface area contributed by atoms with Gasteiger partial charge in [0.15, 0.2) is 0 Å². The molecule has 24 heteroatoms. The highest BCUT2D eigenvalue weighted by Gasteiger charge is 2.33. The molecule has 0 aliphatic carbocycles. The number of nitrogens with zero attached hydrogens (tertiary/aromatic N) is 6. The number of pyridine rings is 1. The molecule has 76 heavy (non-hydrogen) atoms. The fourth-order valence-electron chi connectivity index (χ4n) is 6.88. The molecule has 0 saturated heterocycles. The lowest BCUT2D eigenvalue weighted by molar-refractivity contribution is -0.141. The van der Waals surface area contributed by atoms with Crippen molar-refractivity contribution >= 4 is 29.1 Å². The summed E-state index contributed by atoms with van der Waals surface area (Å²) in [5, 5.41) is 57.4. The topological polar surface area (TPSA) is 291 Å². The third kappa shape index (κ3) is 19.5. The summed E-state index contributed by atoms with van der Waals surface area (Å²) in [7, 11) is 0. The van der Waals surface area contributed by atoms with Crippen LogP contribution in [-0.4, -0.2) is 137 Å². The van der Waals surface area contributed by atoms with Crippen LogP contribution in [0.25, 0.3) is 11.3 Å². The van der Waals surface area contributed by atoms with Crippen LogP contribution in [0.15, 0.2) is 126 Å². The van der Waals surface area contributed by atoms with E-state index >= 15 is 0 Å². The monoisotopic (exact) mass is 1060 g/mol. The van der Waals surface area contributed by atoms with Gasteiger partial charge < -0.3 is 61.3 Å². The quantitative estimate of drug-likeness (QED) is 0.0215. The number of hydrogen-bond acceptors (Lipinski definition) is 17. The molecule has 0 radical (unpaired) electrons. The van der Waals surface area contributed by atoms with Crippen molar-refractivity contribution < 1.29 is 61.8 Å². The van der Waals surface area contributed by atoms with E-state index in [1.165, 1.54) is 30.3 Å². The molecule has 6 aromatic rings. The van der Waals surface area contributed by atoms with Gasteiger partial charge in [-0.1, -0.05) is 23.4 Å². The second-order valence-electron chi connectivity index (χ2n) is 17.1. The van der Waals surface area contributed by atoms with E-state index in [0.29, 0.717) is 65.6 Å². The second-order valence-corrected chi connectivity index (χ2v) is 17.1. The molecule has 9 N–H and O–H groups in total. The van der Waals surface area contributed by atoms with Crippen LogP contribution in [0.4, 0.5) is 24.5 Å². The molecular formula is C52H60F3N11O10. The van der Waals surface area contributed by atoms with Crippen molar-refractivity contribution in [2.24, 2.45) is 16.0 Å². The Bertz CT molecular complexity index is 2820. The maximum absolute atomic E-state index is 13.3. The fraction of sp³-hybridized carbons (Fsp3) is 0.346. The van der Waals surface area contributed by atoms with Gasteiger partial charge in [0.05, 0.1) is 68.9 Å². The number of amides is 3. The lowest BCUT2D eigenvalue weighted by Gasteiger charge is -2.14. The number of alkyl halides is 3. The molecule has 2 heterocycles. The summed E-state index contributed by atoms with van der Waals surface area (Å²) in [6.45, 7) is 3.74. The molecule has 21 nitrogen and oxygen atoms in total. The molecule has 0 spiro atoms. The van der Waals surface area contributed by atoms with Crippen molar-refractivity contribution in [3.8, 4) is 28.6 Å². The zero-order chi connectivity index (χ0) is 54.3. The number of aryl methyl sites for hydroxylation is 1. The van der Waals surface area contributed by atoms with E-state index in [-0.39, 0.29) is 93.7 Å². The molecule has 3 amide bonds. The number of nitrogens with two attached hydrogens (primary N) is 1. The summed E-state index contributed by atoms with van der Waals surface area (Å²) in [5.74, 6) is -0.838. The number of aromatic nitrogens is 4. The molecule has 2 aromatic heterocycles. The predicted molar refractivity (Wildman–Crippen MR) is 271 cm³/mol. The molecule has 0 bridgehead atoms. The van der Waals surface area contributed by atoms with Crippen molar-refractivity contribution in [2.45, 2.75) is 50.9 Å². The minimum Gasteiger partial charge on any atom is -0.494 e. The Labute approximate surface area is 435 Å². The lowest BCUT2D eigenvalue weighted by atomic mass is 10.1. The van der Waals surface area contributed by atoms with E-state index in [4.69, 9.17) is 24.7 Å². The number of aliphatic hydroxyl groups is 3. The SMILES string of the molecule is CC(O)CNCC(O)COCCOCC(O)CNC(=O)c1cccc(-c2cn(CCCOc3ccc(N=Nc4ccc(C(=O)NCCNC(=O)c5cccc(Oc6cc(CN)cc(C(F)(F)F)n6)c5)cc4)cc3)nn2)c1. The number of aliphatic hydroxyl groups excluding tert-OH is 3. The van der Waals surface area contributed by atoms with Crippen LogP contribution in [0.1, 0.15) is 55.7 Å². The van der Waals surface area contributed by atoms with Crippen molar-refractivity contribution in [1.29, 1.82) is 0 Å². The Morgan fingerprint density at radius 2 is 1.33 bits per heavy atom. The van der Waals surface area contributed by atoms with Crippen molar-refractivity contribution in [3.63, 3.8) is 0 Å².